The molecule has 22 heavy (non-hydrogen) atoms. The van der Waals surface area contributed by atoms with Crippen LogP contribution in [0.2, 0.25) is 0 Å². The van der Waals surface area contributed by atoms with Crippen LogP contribution in [-0.2, 0) is 6.18 Å². The summed E-state index contributed by atoms with van der Waals surface area (Å²) in [6, 6.07) is 4.07. The molecule has 7 heteroatoms. The number of carbonyl (C=O) groups is 1. The van der Waals surface area contributed by atoms with Crippen LogP contribution < -0.4 is 10.2 Å². The molecule has 2 atom stereocenters. The molecule has 0 bridgehead atoms. The van der Waals surface area contributed by atoms with E-state index in [1.54, 1.807) is 0 Å². The Hall–Kier alpha value is -2.49. The number of hydrogen-bond acceptors (Lipinski definition) is 2. The Labute approximate surface area is 124 Å². The molecule has 1 aromatic rings. The summed E-state index contributed by atoms with van der Waals surface area (Å²) in [4.78, 5) is 13.4. The molecular formula is C15H12F3N3O. The number of rotatable bonds is 1. The SMILES string of the molecule is N#Cc1ccc(N2C(=O)N[C@H]3CCC=C[C@@H]32)cc1C(F)(F)F. The van der Waals surface area contributed by atoms with E-state index in [-0.39, 0.29) is 17.8 Å². The van der Waals surface area contributed by atoms with Gasteiger partial charge in [-0.1, -0.05) is 12.2 Å². The Morgan fingerprint density at radius 2 is 2.14 bits per heavy atom. The van der Waals surface area contributed by atoms with E-state index in [4.69, 9.17) is 5.26 Å². The van der Waals surface area contributed by atoms with Crippen LogP contribution in [0.1, 0.15) is 24.0 Å². The zero-order valence-corrected chi connectivity index (χ0v) is 11.4. The Morgan fingerprint density at radius 1 is 1.36 bits per heavy atom. The van der Waals surface area contributed by atoms with Gasteiger partial charge in [0, 0.05) is 5.69 Å². The van der Waals surface area contributed by atoms with Crippen molar-refractivity contribution in [1.29, 1.82) is 5.26 Å². The number of amides is 2. The smallest absolute Gasteiger partial charge is 0.333 e. The van der Waals surface area contributed by atoms with Gasteiger partial charge in [-0.25, -0.2) is 4.79 Å². The Morgan fingerprint density at radius 3 is 2.82 bits per heavy atom. The number of carbonyl (C=O) groups excluding carboxylic acids is 1. The summed E-state index contributed by atoms with van der Waals surface area (Å²) in [5.74, 6) is 0. The van der Waals surface area contributed by atoms with Gasteiger partial charge >= 0.3 is 12.2 Å². The Bertz CT molecular complexity index is 690. The zero-order valence-electron chi connectivity index (χ0n) is 11.4. The van der Waals surface area contributed by atoms with Crippen LogP contribution in [0.25, 0.3) is 0 Å². The lowest BCUT2D eigenvalue weighted by Crippen LogP contribution is -2.36. The van der Waals surface area contributed by atoms with Gasteiger partial charge in [-0.2, -0.15) is 18.4 Å². The highest BCUT2D eigenvalue weighted by atomic mass is 19.4. The highest BCUT2D eigenvalue weighted by Gasteiger charge is 2.41. The summed E-state index contributed by atoms with van der Waals surface area (Å²) in [6.45, 7) is 0. The molecule has 1 heterocycles. The van der Waals surface area contributed by atoms with Gasteiger partial charge in [0.1, 0.15) is 0 Å². The number of benzene rings is 1. The van der Waals surface area contributed by atoms with Crippen LogP contribution in [-0.4, -0.2) is 18.1 Å². The quantitative estimate of drug-likeness (QED) is 0.810. The number of nitrogens with zero attached hydrogens (tertiary/aromatic N) is 2. The van der Waals surface area contributed by atoms with E-state index >= 15 is 0 Å². The van der Waals surface area contributed by atoms with E-state index < -0.39 is 23.3 Å². The molecule has 3 rings (SSSR count). The van der Waals surface area contributed by atoms with Gasteiger partial charge in [-0.3, -0.25) is 4.90 Å². The lowest BCUT2D eigenvalue weighted by atomic mass is 9.97. The van der Waals surface area contributed by atoms with Crippen molar-refractivity contribution in [3.05, 3.63) is 41.5 Å². The lowest BCUT2D eigenvalue weighted by Gasteiger charge is -2.26. The van der Waals surface area contributed by atoms with Crippen molar-refractivity contribution >= 4 is 11.7 Å². The normalized spacial score (nSPS) is 23.9. The van der Waals surface area contributed by atoms with E-state index in [0.717, 1.165) is 25.0 Å². The minimum Gasteiger partial charge on any atom is -0.333 e. The Balaban J connectivity index is 2.05. The standard InChI is InChI=1S/C15H12F3N3O/c16-15(17,18)11-7-10(6-5-9(11)8-19)21-13-4-2-1-3-12(13)20-14(21)22/h2,4-7,12-13H,1,3H2,(H,20,22)/t12-,13-/m0/s1. The first-order valence-electron chi connectivity index (χ1n) is 6.79. The second kappa shape index (κ2) is 5.05. The molecule has 0 saturated carbocycles. The summed E-state index contributed by atoms with van der Waals surface area (Å²) in [5.41, 5.74) is -1.34. The van der Waals surface area contributed by atoms with E-state index in [1.165, 1.54) is 17.0 Å². The molecule has 2 amide bonds. The number of urea groups is 1. The predicted molar refractivity (Wildman–Crippen MR) is 73.1 cm³/mol. The second-order valence-electron chi connectivity index (χ2n) is 5.26. The molecule has 1 aliphatic carbocycles. The molecule has 1 fully saturated rings. The summed E-state index contributed by atoms with van der Waals surface area (Å²) in [5, 5.41) is 11.6. The van der Waals surface area contributed by atoms with Crippen molar-refractivity contribution in [2.45, 2.75) is 31.1 Å². The van der Waals surface area contributed by atoms with Crippen LogP contribution >= 0.6 is 0 Å². The average molecular weight is 307 g/mol. The third kappa shape index (κ3) is 2.30. The van der Waals surface area contributed by atoms with Gasteiger partial charge in [0.25, 0.3) is 0 Å². The maximum atomic E-state index is 13.0. The molecule has 0 radical (unpaired) electrons. The molecule has 0 aromatic heterocycles. The second-order valence-corrected chi connectivity index (χ2v) is 5.26. The van der Waals surface area contributed by atoms with Crippen molar-refractivity contribution in [2.75, 3.05) is 4.90 Å². The van der Waals surface area contributed by atoms with Gasteiger partial charge in [0.2, 0.25) is 0 Å². The summed E-state index contributed by atoms with van der Waals surface area (Å²) in [7, 11) is 0. The molecule has 0 spiro atoms. The molecule has 1 N–H and O–H groups in total. The summed E-state index contributed by atoms with van der Waals surface area (Å²) < 4.78 is 39.1. The molecule has 1 aliphatic heterocycles. The van der Waals surface area contributed by atoms with E-state index in [2.05, 4.69) is 5.32 Å². The highest BCUT2D eigenvalue weighted by Crippen LogP contribution is 2.36. The van der Waals surface area contributed by atoms with E-state index in [9.17, 15) is 18.0 Å². The fraction of sp³-hybridized carbons (Fsp3) is 0.333. The van der Waals surface area contributed by atoms with Crippen LogP contribution in [0.5, 0.6) is 0 Å². The number of nitriles is 1. The van der Waals surface area contributed by atoms with Crippen molar-refractivity contribution < 1.29 is 18.0 Å². The predicted octanol–water partition coefficient (Wildman–Crippen LogP) is 3.19. The lowest BCUT2D eigenvalue weighted by molar-refractivity contribution is -0.137. The van der Waals surface area contributed by atoms with Crippen LogP contribution in [0.4, 0.5) is 23.7 Å². The van der Waals surface area contributed by atoms with Crippen molar-refractivity contribution in [3.63, 3.8) is 0 Å². The van der Waals surface area contributed by atoms with Crippen molar-refractivity contribution in [1.82, 2.24) is 5.32 Å². The van der Waals surface area contributed by atoms with Crippen LogP contribution in [0.15, 0.2) is 30.4 Å². The number of anilines is 1. The molecule has 1 saturated heterocycles. The minimum atomic E-state index is -4.64. The molecule has 114 valence electrons. The van der Waals surface area contributed by atoms with Gasteiger partial charge < -0.3 is 5.32 Å². The van der Waals surface area contributed by atoms with Gasteiger partial charge in [-0.15, -0.1) is 0 Å². The fourth-order valence-corrected chi connectivity index (χ4v) is 2.91. The minimum absolute atomic E-state index is 0.0949. The maximum Gasteiger partial charge on any atom is 0.417 e. The van der Waals surface area contributed by atoms with Gasteiger partial charge in [0.05, 0.1) is 29.3 Å². The van der Waals surface area contributed by atoms with Crippen LogP contribution in [0, 0.1) is 11.3 Å². The summed E-state index contributed by atoms with van der Waals surface area (Å²) in [6.07, 6.45) is 0.696. The summed E-state index contributed by atoms with van der Waals surface area (Å²) >= 11 is 0. The zero-order chi connectivity index (χ0) is 15.9. The topological polar surface area (TPSA) is 56.1 Å². The van der Waals surface area contributed by atoms with Gasteiger partial charge in [-0.05, 0) is 31.0 Å². The molecular weight excluding hydrogens is 295 g/mol. The molecule has 0 unspecified atom stereocenters. The average Bonchev–Trinajstić information content (AvgIpc) is 2.81. The largest absolute Gasteiger partial charge is 0.417 e. The molecule has 2 aliphatic rings. The number of fused-ring (bicyclic) bond motifs is 1. The first-order valence-corrected chi connectivity index (χ1v) is 6.79. The van der Waals surface area contributed by atoms with E-state index in [0.29, 0.717) is 0 Å². The number of halogens is 3. The van der Waals surface area contributed by atoms with Crippen LogP contribution in [0.3, 0.4) is 0 Å². The fourth-order valence-electron chi connectivity index (χ4n) is 2.91. The number of allylic oxidation sites excluding steroid dienone is 1. The first kappa shape index (κ1) is 14.4. The number of nitrogens with one attached hydrogen (secondary N) is 1. The third-order valence-electron chi connectivity index (χ3n) is 3.92. The van der Waals surface area contributed by atoms with Crippen molar-refractivity contribution in [2.24, 2.45) is 0 Å². The first-order chi connectivity index (χ1) is 10.4. The third-order valence-corrected chi connectivity index (χ3v) is 3.92. The van der Waals surface area contributed by atoms with Crippen molar-refractivity contribution in [3.8, 4) is 6.07 Å². The number of hydrogen-bond donors (Lipinski definition) is 1. The number of alkyl halides is 3. The Kier molecular flexibility index (Phi) is 3.32. The van der Waals surface area contributed by atoms with E-state index in [1.807, 2.05) is 12.2 Å². The van der Waals surface area contributed by atoms with Gasteiger partial charge in [0.15, 0.2) is 0 Å². The molecule has 4 nitrogen and oxygen atoms in total. The molecule has 1 aromatic carbocycles. The maximum absolute atomic E-state index is 13.0. The monoisotopic (exact) mass is 307 g/mol. The highest BCUT2D eigenvalue weighted by molar-refractivity contribution is 5.96.